The van der Waals surface area contributed by atoms with E-state index in [1.54, 1.807) is 68.6 Å². The van der Waals surface area contributed by atoms with E-state index in [2.05, 4.69) is 0 Å². The number of carbonyl (C=O) groups excluding carboxylic acids is 2. The summed E-state index contributed by atoms with van der Waals surface area (Å²) in [5, 5.41) is 0. The highest BCUT2D eigenvalue weighted by Crippen LogP contribution is 2.41. The number of methoxy groups -OCH3 is 4. The zero-order valence-electron chi connectivity index (χ0n) is 20.0. The Morgan fingerprint density at radius 3 is 2.14 bits per heavy atom. The maximum Gasteiger partial charge on any atom is 0.351 e. The second kappa shape index (κ2) is 9.80. The van der Waals surface area contributed by atoms with Gasteiger partial charge in [0.05, 0.1) is 34.0 Å². The van der Waals surface area contributed by atoms with Gasteiger partial charge in [-0.3, -0.25) is 4.79 Å². The summed E-state index contributed by atoms with van der Waals surface area (Å²) in [7, 11) is 6.00. The predicted octanol–water partition coefficient (Wildman–Crippen LogP) is 4.86. The van der Waals surface area contributed by atoms with Gasteiger partial charge in [-0.05, 0) is 49.4 Å². The molecule has 3 aromatic carbocycles. The highest BCUT2D eigenvalue weighted by molar-refractivity contribution is 6.15. The lowest BCUT2D eigenvalue weighted by atomic mass is 10.1. The Kier molecular flexibility index (Phi) is 6.64. The Morgan fingerprint density at radius 2 is 1.51 bits per heavy atom. The smallest absolute Gasteiger partial charge is 0.351 e. The topological polar surface area (TPSA) is 89.5 Å². The Labute approximate surface area is 202 Å². The maximum atomic E-state index is 13.0. The lowest BCUT2D eigenvalue weighted by Gasteiger charge is -2.14. The van der Waals surface area contributed by atoms with Crippen molar-refractivity contribution in [2.75, 3.05) is 28.4 Å². The van der Waals surface area contributed by atoms with Gasteiger partial charge in [0.25, 0.3) is 0 Å². The third-order valence-corrected chi connectivity index (χ3v) is 5.60. The first-order valence-electron chi connectivity index (χ1n) is 10.6. The quantitative estimate of drug-likeness (QED) is 0.271. The van der Waals surface area contributed by atoms with Gasteiger partial charge in [0, 0.05) is 17.2 Å². The van der Waals surface area contributed by atoms with Crippen LogP contribution in [0.15, 0.2) is 54.3 Å². The van der Waals surface area contributed by atoms with Crippen LogP contribution in [-0.2, 0) is 0 Å². The summed E-state index contributed by atoms with van der Waals surface area (Å²) in [6.45, 7) is 1.71. The molecule has 0 aliphatic carbocycles. The van der Waals surface area contributed by atoms with Crippen LogP contribution >= 0.6 is 0 Å². The van der Waals surface area contributed by atoms with E-state index in [9.17, 15) is 9.59 Å². The Hall–Kier alpha value is -4.46. The highest BCUT2D eigenvalue weighted by Gasteiger charge is 2.31. The highest BCUT2D eigenvalue weighted by atomic mass is 16.5. The van der Waals surface area contributed by atoms with Gasteiger partial charge < -0.3 is 28.4 Å². The van der Waals surface area contributed by atoms with Crippen molar-refractivity contribution in [3.63, 3.8) is 0 Å². The number of rotatable bonds is 7. The summed E-state index contributed by atoms with van der Waals surface area (Å²) in [5.41, 5.74) is 1.68. The molecule has 0 N–H and O–H groups in total. The molecule has 1 aliphatic heterocycles. The minimum atomic E-state index is -0.662. The fourth-order valence-corrected chi connectivity index (χ4v) is 3.76. The van der Waals surface area contributed by atoms with Crippen LogP contribution in [-0.4, -0.2) is 40.2 Å². The third kappa shape index (κ3) is 4.38. The van der Waals surface area contributed by atoms with Gasteiger partial charge in [-0.25, -0.2) is 4.79 Å². The molecule has 0 unspecified atom stereocenters. The van der Waals surface area contributed by atoms with E-state index >= 15 is 0 Å². The van der Waals surface area contributed by atoms with Gasteiger partial charge in [0.15, 0.2) is 5.76 Å². The number of fused-ring (bicyclic) bond motifs is 1. The van der Waals surface area contributed by atoms with Gasteiger partial charge in [-0.1, -0.05) is 6.07 Å². The molecule has 35 heavy (non-hydrogen) atoms. The summed E-state index contributed by atoms with van der Waals surface area (Å²) in [6.07, 6.45) is 1.60. The summed E-state index contributed by atoms with van der Waals surface area (Å²) >= 11 is 0. The molecule has 0 fully saturated rings. The van der Waals surface area contributed by atoms with Crippen molar-refractivity contribution < 1.29 is 38.0 Å². The van der Waals surface area contributed by atoms with Gasteiger partial charge in [0.1, 0.15) is 40.1 Å². The Balaban J connectivity index is 1.65. The molecule has 0 atom stereocenters. The van der Waals surface area contributed by atoms with Crippen LogP contribution in [0.1, 0.15) is 31.8 Å². The van der Waals surface area contributed by atoms with E-state index in [0.717, 1.165) is 0 Å². The molecule has 8 nitrogen and oxygen atoms in total. The molecule has 0 amide bonds. The molecule has 1 heterocycles. The molecule has 4 rings (SSSR count). The number of allylic oxidation sites excluding steroid dienone is 1. The molecule has 0 saturated carbocycles. The molecule has 0 aromatic heterocycles. The van der Waals surface area contributed by atoms with E-state index in [1.165, 1.54) is 21.3 Å². The second-order valence-electron chi connectivity index (χ2n) is 7.54. The van der Waals surface area contributed by atoms with Crippen molar-refractivity contribution in [2.45, 2.75) is 6.92 Å². The van der Waals surface area contributed by atoms with Gasteiger partial charge in [-0.15, -0.1) is 0 Å². The normalized spacial score (nSPS) is 13.2. The van der Waals surface area contributed by atoms with Crippen LogP contribution in [0.3, 0.4) is 0 Å². The minimum Gasteiger partial charge on any atom is -0.497 e. The lowest BCUT2D eigenvalue weighted by Crippen LogP contribution is -2.12. The van der Waals surface area contributed by atoms with Crippen molar-refractivity contribution in [1.82, 2.24) is 0 Å². The van der Waals surface area contributed by atoms with Gasteiger partial charge in [-0.2, -0.15) is 0 Å². The zero-order valence-corrected chi connectivity index (χ0v) is 20.0. The molecule has 0 saturated heterocycles. The molecular formula is C27H24O8. The fourth-order valence-electron chi connectivity index (χ4n) is 3.76. The maximum absolute atomic E-state index is 13.0. The molecule has 8 heteroatoms. The average molecular weight is 476 g/mol. The van der Waals surface area contributed by atoms with E-state index in [1.807, 2.05) is 0 Å². The number of hydrogen-bond acceptors (Lipinski definition) is 8. The fraction of sp³-hybridized carbons (Fsp3) is 0.185. The van der Waals surface area contributed by atoms with E-state index in [-0.39, 0.29) is 22.9 Å². The number of ether oxygens (including phenoxy) is 6. The van der Waals surface area contributed by atoms with E-state index in [4.69, 9.17) is 28.4 Å². The molecule has 180 valence electrons. The molecule has 0 radical (unpaired) electrons. The summed E-state index contributed by atoms with van der Waals surface area (Å²) < 4.78 is 32.8. The van der Waals surface area contributed by atoms with Crippen LogP contribution in [0.25, 0.3) is 6.08 Å². The van der Waals surface area contributed by atoms with Crippen molar-refractivity contribution >= 4 is 17.8 Å². The summed E-state index contributed by atoms with van der Waals surface area (Å²) in [5.74, 6) is 1.54. The first-order valence-corrected chi connectivity index (χ1v) is 10.6. The third-order valence-electron chi connectivity index (χ3n) is 5.60. The standard InChI is InChI=1S/C27H24O8/c1-15-19(35-27(29)24-20(31-3)7-6-8-21(24)32-4)12-11-18-25(28)23(34-26(15)18)13-16-9-10-17(30-2)14-22(16)33-5/h6-14H,1-5H3/b23-13-. The number of hydrogen-bond donors (Lipinski definition) is 0. The first kappa shape index (κ1) is 23.7. The predicted molar refractivity (Wildman–Crippen MR) is 128 cm³/mol. The van der Waals surface area contributed by atoms with Crippen molar-refractivity contribution in [1.29, 1.82) is 0 Å². The van der Waals surface area contributed by atoms with Crippen LogP contribution in [0.2, 0.25) is 0 Å². The summed E-state index contributed by atoms with van der Waals surface area (Å²) in [4.78, 5) is 26.0. The van der Waals surface area contributed by atoms with Crippen molar-refractivity contribution in [3.8, 4) is 34.5 Å². The largest absolute Gasteiger partial charge is 0.497 e. The number of Topliss-reactive ketones (excluding diaryl/α,β-unsaturated/α-hetero) is 1. The van der Waals surface area contributed by atoms with Crippen molar-refractivity contribution in [2.24, 2.45) is 0 Å². The zero-order chi connectivity index (χ0) is 25.1. The summed E-state index contributed by atoms with van der Waals surface area (Å²) in [6, 6.07) is 13.4. The van der Waals surface area contributed by atoms with Crippen LogP contribution < -0.4 is 28.4 Å². The minimum absolute atomic E-state index is 0.126. The number of carbonyl (C=O) groups is 2. The first-order chi connectivity index (χ1) is 16.9. The number of benzene rings is 3. The van der Waals surface area contributed by atoms with E-state index in [0.29, 0.717) is 45.4 Å². The number of ketones is 1. The van der Waals surface area contributed by atoms with Gasteiger partial charge >= 0.3 is 5.97 Å². The van der Waals surface area contributed by atoms with Crippen LogP contribution in [0.5, 0.6) is 34.5 Å². The van der Waals surface area contributed by atoms with Crippen LogP contribution in [0.4, 0.5) is 0 Å². The lowest BCUT2D eigenvalue weighted by molar-refractivity contribution is 0.0726. The van der Waals surface area contributed by atoms with Gasteiger partial charge in [0.2, 0.25) is 5.78 Å². The van der Waals surface area contributed by atoms with Crippen molar-refractivity contribution in [3.05, 3.63) is 76.5 Å². The average Bonchev–Trinajstić information content (AvgIpc) is 3.20. The van der Waals surface area contributed by atoms with E-state index < -0.39 is 5.97 Å². The molecule has 0 spiro atoms. The Morgan fingerprint density at radius 1 is 0.829 bits per heavy atom. The molecule has 3 aromatic rings. The molecule has 1 aliphatic rings. The molecular weight excluding hydrogens is 452 g/mol. The molecule has 0 bridgehead atoms. The number of esters is 1. The SMILES string of the molecule is COc1ccc(/C=C2\Oc3c(ccc(OC(=O)c4c(OC)cccc4OC)c3C)C2=O)c(OC)c1. The monoisotopic (exact) mass is 476 g/mol. The second-order valence-corrected chi connectivity index (χ2v) is 7.54. The van der Waals surface area contributed by atoms with Crippen LogP contribution in [0, 0.1) is 6.92 Å². The Bertz CT molecular complexity index is 1320.